The van der Waals surface area contributed by atoms with E-state index in [4.69, 9.17) is 0 Å². The number of fused-ring (bicyclic) bond motifs is 1. The fraction of sp³-hybridized carbons (Fsp3) is 0.385. The van der Waals surface area contributed by atoms with Crippen molar-refractivity contribution in [1.29, 1.82) is 0 Å². The quantitative estimate of drug-likeness (QED) is 0.454. The lowest BCUT2D eigenvalue weighted by atomic mass is 10.0. The van der Waals surface area contributed by atoms with Gasteiger partial charge in [0.1, 0.15) is 6.04 Å². The molecule has 7 heteroatoms. The number of rotatable bonds is 7. The molecular formula is C26H30N6O. The van der Waals surface area contributed by atoms with Gasteiger partial charge in [-0.1, -0.05) is 62.2 Å². The predicted molar refractivity (Wildman–Crippen MR) is 129 cm³/mol. The van der Waals surface area contributed by atoms with Crippen LogP contribution in [0.15, 0.2) is 59.4 Å². The van der Waals surface area contributed by atoms with Crippen molar-refractivity contribution in [1.82, 2.24) is 30.1 Å². The van der Waals surface area contributed by atoms with Gasteiger partial charge in [-0.15, -0.1) is 5.10 Å². The van der Waals surface area contributed by atoms with Gasteiger partial charge >= 0.3 is 0 Å². The molecule has 1 fully saturated rings. The van der Waals surface area contributed by atoms with Crippen LogP contribution in [0.2, 0.25) is 0 Å². The molecule has 7 nitrogen and oxygen atoms in total. The molecule has 5 rings (SSSR count). The van der Waals surface area contributed by atoms with Crippen LogP contribution in [0.25, 0.3) is 10.9 Å². The Morgan fingerprint density at radius 3 is 2.67 bits per heavy atom. The SMILES string of the molecule is CCN(Cc1ccccc1)C(c1cc2ccc(C)cc2[nH]c1=O)c1nnnn1C1CCCC1. The number of aromatic amines is 1. The predicted octanol–water partition coefficient (Wildman–Crippen LogP) is 4.55. The zero-order valence-electron chi connectivity index (χ0n) is 19.2. The lowest BCUT2D eigenvalue weighted by Crippen LogP contribution is -2.35. The highest BCUT2D eigenvalue weighted by Crippen LogP contribution is 2.34. The molecule has 0 radical (unpaired) electrons. The van der Waals surface area contributed by atoms with Crippen molar-refractivity contribution in [3.05, 3.63) is 87.5 Å². The van der Waals surface area contributed by atoms with E-state index in [1.165, 1.54) is 18.4 Å². The minimum atomic E-state index is -0.347. The molecule has 2 heterocycles. The molecule has 0 spiro atoms. The maximum absolute atomic E-state index is 13.4. The first kappa shape index (κ1) is 21.5. The van der Waals surface area contributed by atoms with Crippen molar-refractivity contribution in [3.63, 3.8) is 0 Å². The van der Waals surface area contributed by atoms with E-state index in [0.29, 0.717) is 12.1 Å². The average Bonchev–Trinajstić information content (AvgIpc) is 3.52. The minimum Gasteiger partial charge on any atom is -0.322 e. The summed E-state index contributed by atoms with van der Waals surface area (Å²) in [6, 6.07) is 18.5. The number of nitrogens with one attached hydrogen (secondary N) is 1. The fourth-order valence-electron chi connectivity index (χ4n) is 5.03. The molecule has 0 saturated heterocycles. The summed E-state index contributed by atoms with van der Waals surface area (Å²) in [5.41, 5.74) is 3.75. The summed E-state index contributed by atoms with van der Waals surface area (Å²) < 4.78 is 1.98. The molecule has 4 aromatic rings. The molecule has 33 heavy (non-hydrogen) atoms. The average molecular weight is 443 g/mol. The molecule has 0 aliphatic heterocycles. The summed E-state index contributed by atoms with van der Waals surface area (Å²) >= 11 is 0. The lowest BCUT2D eigenvalue weighted by Gasteiger charge is -2.30. The second-order valence-electron chi connectivity index (χ2n) is 9.02. The van der Waals surface area contributed by atoms with Crippen LogP contribution in [0.1, 0.15) is 67.2 Å². The van der Waals surface area contributed by atoms with Gasteiger partial charge in [0.05, 0.1) is 6.04 Å². The van der Waals surface area contributed by atoms with Gasteiger partial charge in [0.2, 0.25) is 0 Å². The van der Waals surface area contributed by atoms with E-state index in [1.54, 1.807) is 0 Å². The second-order valence-corrected chi connectivity index (χ2v) is 9.02. The van der Waals surface area contributed by atoms with Crippen LogP contribution >= 0.6 is 0 Å². The Hall–Kier alpha value is -3.32. The number of nitrogens with zero attached hydrogens (tertiary/aromatic N) is 5. The highest BCUT2D eigenvalue weighted by molar-refractivity contribution is 5.79. The van der Waals surface area contributed by atoms with E-state index >= 15 is 0 Å². The molecule has 0 bridgehead atoms. The second kappa shape index (κ2) is 9.27. The summed E-state index contributed by atoms with van der Waals surface area (Å²) in [6.07, 6.45) is 4.52. The maximum Gasteiger partial charge on any atom is 0.253 e. The van der Waals surface area contributed by atoms with Crippen molar-refractivity contribution in [2.24, 2.45) is 0 Å². The molecule has 1 aliphatic carbocycles. The van der Waals surface area contributed by atoms with E-state index in [9.17, 15) is 4.79 Å². The molecule has 2 aromatic carbocycles. The summed E-state index contributed by atoms with van der Waals surface area (Å²) in [7, 11) is 0. The van der Waals surface area contributed by atoms with Gasteiger partial charge in [0.15, 0.2) is 5.82 Å². The molecule has 1 saturated carbocycles. The summed E-state index contributed by atoms with van der Waals surface area (Å²) in [5, 5.41) is 14.0. The van der Waals surface area contributed by atoms with Gasteiger partial charge in [-0.05, 0) is 65.4 Å². The number of benzene rings is 2. The van der Waals surface area contributed by atoms with Gasteiger partial charge in [-0.25, -0.2) is 4.68 Å². The van der Waals surface area contributed by atoms with E-state index in [1.807, 2.05) is 41.9 Å². The largest absolute Gasteiger partial charge is 0.322 e. The number of hydrogen-bond donors (Lipinski definition) is 1. The van der Waals surface area contributed by atoms with Crippen molar-refractivity contribution in [3.8, 4) is 0 Å². The van der Waals surface area contributed by atoms with E-state index in [-0.39, 0.29) is 17.6 Å². The Morgan fingerprint density at radius 1 is 1.12 bits per heavy atom. The highest BCUT2D eigenvalue weighted by Gasteiger charge is 2.32. The number of H-pyrrole nitrogens is 1. The maximum atomic E-state index is 13.4. The van der Waals surface area contributed by atoms with Crippen molar-refractivity contribution in [2.75, 3.05) is 6.54 Å². The number of aryl methyl sites for hydroxylation is 1. The van der Waals surface area contributed by atoms with Crippen LogP contribution in [-0.4, -0.2) is 36.6 Å². The topological polar surface area (TPSA) is 79.7 Å². The Bertz CT molecular complexity index is 1290. The third kappa shape index (κ3) is 4.33. The minimum absolute atomic E-state index is 0.0921. The molecule has 2 aromatic heterocycles. The van der Waals surface area contributed by atoms with Crippen molar-refractivity contribution < 1.29 is 0 Å². The van der Waals surface area contributed by atoms with Crippen LogP contribution in [0.4, 0.5) is 0 Å². The highest BCUT2D eigenvalue weighted by atomic mass is 16.1. The Morgan fingerprint density at radius 2 is 1.91 bits per heavy atom. The van der Waals surface area contributed by atoms with Gasteiger partial charge < -0.3 is 4.98 Å². The standard InChI is InChI=1S/C26H30N6O/c1-3-31(17-19-9-5-4-6-10-19)24(25-28-29-30-32(25)21-11-7-8-12-21)22-16-20-14-13-18(2)15-23(20)27-26(22)33/h4-6,9-10,13-16,21,24H,3,7-8,11-12,17H2,1-2H3,(H,27,33). The fourth-order valence-corrected chi connectivity index (χ4v) is 5.03. The zero-order chi connectivity index (χ0) is 22.8. The third-order valence-corrected chi connectivity index (χ3v) is 6.76. The first-order chi connectivity index (χ1) is 16.1. The molecule has 1 atom stereocenters. The first-order valence-electron chi connectivity index (χ1n) is 11.8. The van der Waals surface area contributed by atoms with Crippen molar-refractivity contribution >= 4 is 10.9 Å². The summed E-state index contributed by atoms with van der Waals surface area (Å²) in [6.45, 7) is 5.61. The smallest absolute Gasteiger partial charge is 0.253 e. The lowest BCUT2D eigenvalue weighted by molar-refractivity contribution is 0.210. The van der Waals surface area contributed by atoms with Crippen LogP contribution in [0, 0.1) is 6.92 Å². The van der Waals surface area contributed by atoms with E-state index in [2.05, 4.69) is 56.6 Å². The Balaban J connectivity index is 1.65. The summed E-state index contributed by atoms with van der Waals surface area (Å²) in [4.78, 5) is 18.8. The zero-order valence-corrected chi connectivity index (χ0v) is 19.2. The van der Waals surface area contributed by atoms with Crippen LogP contribution in [0.3, 0.4) is 0 Å². The number of aromatic nitrogens is 5. The molecule has 1 N–H and O–H groups in total. The molecule has 170 valence electrons. The Labute approximate surface area is 193 Å². The number of hydrogen-bond acceptors (Lipinski definition) is 5. The first-order valence-corrected chi connectivity index (χ1v) is 11.8. The molecular weight excluding hydrogens is 412 g/mol. The molecule has 0 amide bonds. The van der Waals surface area contributed by atoms with Crippen LogP contribution in [-0.2, 0) is 6.54 Å². The molecule has 1 unspecified atom stereocenters. The van der Waals surface area contributed by atoms with Crippen LogP contribution < -0.4 is 5.56 Å². The normalized spacial score (nSPS) is 15.5. The third-order valence-electron chi connectivity index (χ3n) is 6.76. The van der Waals surface area contributed by atoms with Gasteiger partial charge in [0, 0.05) is 17.6 Å². The van der Waals surface area contributed by atoms with Crippen molar-refractivity contribution in [2.45, 2.75) is 58.2 Å². The monoisotopic (exact) mass is 442 g/mol. The van der Waals surface area contributed by atoms with Gasteiger partial charge in [-0.2, -0.15) is 0 Å². The van der Waals surface area contributed by atoms with Gasteiger partial charge in [0.25, 0.3) is 5.56 Å². The number of pyridine rings is 1. The Kier molecular flexibility index (Phi) is 6.05. The number of tetrazole rings is 1. The van der Waals surface area contributed by atoms with E-state index in [0.717, 1.165) is 41.7 Å². The molecule has 1 aliphatic rings. The van der Waals surface area contributed by atoms with E-state index < -0.39 is 0 Å². The van der Waals surface area contributed by atoms with Gasteiger partial charge in [-0.3, -0.25) is 9.69 Å². The summed E-state index contributed by atoms with van der Waals surface area (Å²) in [5.74, 6) is 0.747. The van der Waals surface area contributed by atoms with Crippen LogP contribution in [0.5, 0.6) is 0 Å².